The Morgan fingerprint density at radius 3 is 1.96 bits per heavy atom. The number of Topliss-reactive ketones (excluding diaryl/α,β-unsaturated/α-hetero) is 3. The molecular weight excluding hydrogens is 332 g/mol. The molecule has 150 valence electrons. The molecule has 0 radical (unpaired) electrons. The average molecular weight is 369 g/mol. The van der Waals surface area contributed by atoms with Crippen LogP contribution in [0.2, 0.25) is 0 Å². The van der Waals surface area contributed by atoms with Crippen LogP contribution in [0, 0.1) is 29.6 Å². The van der Waals surface area contributed by atoms with Gasteiger partial charge in [-0.05, 0) is 37.0 Å². The molecular formula is C21H36O5. The summed E-state index contributed by atoms with van der Waals surface area (Å²) in [7, 11) is 0. The van der Waals surface area contributed by atoms with Crippen molar-refractivity contribution in [1.82, 2.24) is 0 Å². The summed E-state index contributed by atoms with van der Waals surface area (Å²) in [6.45, 7) is 11.7. The van der Waals surface area contributed by atoms with Crippen LogP contribution in [0.4, 0.5) is 0 Å². The molecule has 26 heavy (non-hydrogen) atoms. The minimum absolute atomic E-state index is 0.0248. The van der Waals surface area contributed by atoms with E-state index in [4.69, 9.17) is 0 Å². The Hall–Kier alpha value is -1.07. The maximum absolute atomic E-state index is 13.0. The van der Waals surface area contributed by atoms with E-state index >= 15 is 0 Å². The molecule has 1 unspecified atom stereocenters. The fourth-order valence-electron chi connectivity index (χ4n) is 3.75. The molecule has 1 aliphatic carbocycles. The number of hydrogen-bond donors (Lipinski definition) is 2. The van der Waals surface area contributed by atoms with Crippen molar-refractivity contribution < 1.29 is 24.6 Å². The number of hydrogen-bond acceptors (Lipinski definition) is 5. The third kappa shape index (κ3) is 5.01. The summed E-state index contributed by atoms with van der Waals surface area (Å²) in [6, 6.07) is 0. The lowest BCUT2D eigenvalue weighted by Crippen LogP contribution is -2.52. The Morgan fingerprint density at radius 1 is 0.962 bits per heavy atom. The SMILES string of the molecule is CC(C)CC[C@@H](O)[C@]1(O)C(=O)C(C(=O)CC(C)C)C(=O)[C@@H]1CCC(C)C. The number of rotatable bonds is 10. The van der Waals surface area contributed by atoms with Gasteiger partial charge in [0.1, 0.15) is 5.92 Å². The highest BCUT2D eigenvalue weighted by molar-refractivity contribution is 6.27. The molecule has 0 aromatic heterocycles. The fourth-order valence-corrected chi connectivity index (χ4v) is 3.75. The van der Waals surface area contributed by atoms with Gasteiger partial charge in [0, 0.05) is 6.42 Å². The molecule has 5 heteroatoms. The lowest BCUT2D eigenvalue weighted by Gasteiger charge is -2.33. The highest BCUT2D eigenvalue weighted by atomic mass is 16.4. The quantitative estimate of drug-likeness (QED) is 0.579. The van der Waals surface area contributed by atoms with Crippen molar-refractivity contribution in [3.05, 3.63) is 0 Å². The predicted molar refractivity (Wildman–Crippen MR) is 101 cm³/mol. The van der Waals surface area contributed by atoms with Crippen molar-refractivity contribution in [2.45, 2.75) is 85.4 Å². The van der Waals surface area contributed by atoms with E-state index in [9.17, 15) is 24.6 Å². The lowest BCUT2D eigenvalue weighted by atomic mass is 9.78. The van der Waals surface area contributed by atoms with Gasteiger partial charge in [-0.3, -0.25) is 14.4 Å². The van der Waals surface area contributed by atoms with Crippen LogP contribution < -0.4 is 0 Å². The van der Waals surface area contributed by atoms with Crippen molar-refractivity contribution in [2.75, 3.05) is 0 Å². The van der Waals surface area contributed by atoms with Gasteiger partial charge in [0.2, 0.25) is 0 Å². The van der Waals surface area contributed by atoms with Gasteiger partial charge in [0.05, 0.1) is 12.0 Å². The van der Waals surface area contributed by atoms with E-state index in [1.54, 1.807) is 0 Å². The smallest absolute Gasteiger partial charge is 0.185 e. The first kappa shape index (κ1) is 23.0. The maximum Gasteiger partial charge on any atom is 0.185 e. The predicted octanol–water partition coefficient (Wildman–Crippen LogP) is 2.95. The topological polar surface area (TPSA) is 91.7 Å². The molecule has 5 nitrogen and oxygen atoms in total. The Kier molecular flexibility index (Phi) is 8.15. The Labute approximate surface area is 157 Å². The van der Waals surface area contributed by atoms with Crippen LogP contribution in [0.5, 0.6) is 0 Å². The first-order valence-electron chi connectivity index (χ1n) is 9.94. The van der Waals surface area contributed by atoms with E-state index in [2.05, 4.69) is 0 Å². The second-order valence-electron chi connectivity index (χ2n) is 9.10. The Morgan fingerprint density at radius 2 is 1.50 bits per heavy atom. The van der Waals surface area contributed by atoms with Gasteiger partial charge >= 0.3 is 0 Å². The van der Waals surface area contributed by atoms with E-state index in [0.717, 1.165) is 0 Å². The average Bonchev–Trinajstić information content (AvgIpc) is 2.69. The summed E-state index contributed by atoms with van der Waals surface area (Å²) in [4.78, 5) is 38.3. The monoisotopic (exact) mass is 368 g/mol. The van der Waals surface area contributed by atoms with E-state index in [1.807, 2.05) is 41.5 Å². The molecule has 0 spiro atoms. The first-order valence-corrected chi connectivity index (χ1v) is 9.94. The summed E-state index contributed by atoms with van der Waals surface area (Å²) in [5.41, 5.74) is -2.14. The molecule has 0 saturated heterocycles. The van der Waals surface area contributed by atoms with Crippen LogP contribution in [0.3, 0.4) is 0 Å². The van der Waals surface area contributed by atoms with Gasteiger partial charge in [-0.2, -0.15) is 0 Å². The lowest BCUT2D eigenvalue weighted by molar-refractivity contribution is -0.157. The van der Waals surface area contributed by atoms with Crippen molar-refractivity contribution in [1.29, 1.82) is 0 Å². The second-order valence-corrected chi connectivity index (χ2v) is 9.10. The van der Waals surface area contributed by atoms with Crippen LogP contribution in [-0.2, 0) is 14.4 Å². The standard InChI is InChI=1S/C21H36O5/c1-12(2)7-9-15-19(24)18(16(22)11-14(5)6)20(25)21(15,26)17(23)10-8-13(3)4/h12-15,17-18,23,26H,7-11H2,1-6H3/t15-,17+,18?,21-/m0/s1. The first-order chi connectivity index (χ1) is 11.9. The summed E-state index contributed by atoms with van der Waals surface area (Å²) >= 11 is 0. The minimum atomic E-state index is -2.14. The molecule has 1 rings (SSSR count). The summed E-state index contributed by atoms with van der Waals surface area (Å²) in [6.07, 6.45) is 0.618. The third-order valence-electron chi connectivity index (χ3n) is 5.31. The number of carbonyl (C=O) groups excluding carboxylic acids is 3. The van der Waals surface area contributed by atoms with Gasteiger partial charge in [-0.15, -0.1) is 0 Å². The van der Waals surface area contributed by atoms with Gasteiger partial charge in [0.15, 0.2) is 23.0 Å². The Balaban J connectivity index is 3.17. The minimum Gasteiger partial charge on any atom is -0.390 e. The molecule has 0 aromatic rings. The number of ketones is 3. The van der Waals surface area contributed by atoms with E-state index in [0.29, 0.717) is 31.1 Å². The highest BCUT2D eigenvalue weighted by Crippen LogP contribution is 2.42. The zero-order chi connectivity index (χ0) is 20.2. The molecule has 0 aromatic carbocycles. The van der Waals surface area contributed by atoms with E-state index < -0.39 is 40.9 Å². The molecule has 0 aliphatic heterocycles. The third-order valence-corrected chi connectivity index (χ3v) is 5.31. The molecule has 0 bridgehead atoms. The fraction of sp³-hybridized carbons (Fsp3) is 0.857. The zero-order valence-corrected chi connectivity index (χ0v) is 17.1. The van der Waals surface area contributed by atoms with Crippen LogP contribution in [0.1, 0.15) is 73.6 Å². The molecule has 4 atom stereocenters. The maximum atomic E-state index is 13.0. The summed E-state index contributed by atoms with van der Waals surface area (Å²) in [5.74, 6) is -3.54. The largest absolute Gasteiger partial charge is 0.390 e. The van der Waals surface area contributed by atoms with Crippen LogP contribution in [-0.4, -0.2) is 39.3 Å². The van der Waals surface area contributed by atoms with Gasteiger partial charge in [-0.25, -0.2) is 0 Å². The van der Waals surface area contributed by atoms with Crippen molar-refractivity contribution in [2.24, 2.45) is 29.6 Å². The normalized spacial score (nSPS) is 27.8. The van der Waals surface area contributed by atoms with E-state index in [-0.39, 0.29) is 18.8 Å². The molecule has 2 N–H and O–H groups in total. The van der Waals surface area contributed by atoms with Crippen molar-refractivity contribution >= 4 is 17.3 Å². The van der Waals surface area contributed by atoms with E-state index in [1.165, 1.54) is 0 Å². The molecule has 1 saturated carbocycles. The molecule has 0 amide bonds. The zero-order valence-electron chi connectivity index (χ0n) is 17.1. The number of aliphatic hydroxyl groups is 2. The molecule has 1 fully saturated rings. The second kappa shape index (κ2) is 9.23. The number of aliphatic hydroxyl groups excluding tert-OH is 1. The summed E-state index contributed by atoms with van der Waals surface area (Å²) < 4.78 is 0. The van der Waals surface area contributed by atoms with Crippen LogP contribution in [0.15, 0.2) is 0 Å². The summed E-state index contributed by atoms with van der Waals surface area (Å²) in [5, 5.41) is 21.8. The van der Waals surface area contributed by atoms with Gasteiger partial charge in [-0.1, -0.05) is 48.0 Å². The van der Waals surface area contributed by atoms with Crippen molar-refractivity contribution in [3.63, 3.8) is 0 Å². The van der Waals surface area contributed by atoms with Gasteiger partial charge < -0.3 is 10.2 Å². The van der Waals surface area contributed by atoms with Crippen LogP contribution >= 0.6 is 0 Å². The number of carbonyl (C=O) groups is 3. The molecule has 1 aliphatic rings. The Bertz CT molecular complexity index is 522. The molecule has 0 heterocycles. The van der Waals surface area contributed by atoms with Crippen molar-refractivity contribution in [3.8, 4) is 0 Å². The van der Waals surface area contributed by atoms with Crippen LogP contribution in [0.25, 0.3) is 0 Å². The highest BCUT2D eigenvalue weighted by Gasteiger charge is 2.63. The van der Waals surface area contributed by atoms with Gasteiger partial charge in [0.25, 0.3) is 0 Å².